The van der Waals surface area contributed by atoms with Crippen LogP contribution in [-0.4, -0.2) is 79.6 Å². The molecule has 3 aromatic heterocycles. The highest BCUT2D eigenvalue weighted by Crippen LogP contribution is 2.43. The van der Waals surface area contributed by atoms with Gasteiger partial charge in [-0.1, -0.05) is 48.0 Å². The normalized spacial score (nSPS) is 16.5. The molecule has 280 valence electrons. The van der Waals surface area contributed by atoms with Gasteiger partial charge in [-0.15, -0.1) is 0 Å². The molecule has 2 fully saturated rings. The maximum absolute atomic E-state index is 14.9. The highest BCUT2D eigenvalue weighted by atomic mass is 35.5. The molecule has 6 aromatic rings. The average molecular weight is 761 g/mol. The standard InChI is InChI=1S/C42H38ClFN6O5/c1-53-37-13-9-30(22-36(37)44)35-21-31(24-49-39(35)46-27-47-49)41(52)50-33(26-54-25-28-5-3-2-4-6-28)15-16-42(50)17-19-48(20-18-42)40(51)29-7-11-34(12-8-29)55-38-14-10-32(43)23-45-38/h2-14,21-24,27,33H,15-20,25-26H2,1H3. The number of piperidine rings is 1. The van der Waals surface area contributed by atoms with Gasteiger partial charge in [-0.25, -0.2) is 18.9 Å². The first kappa shape index (κ1) is 36.1. The van der Waals surface area contributed by atoms with E-state index < -0.39 is 11.4 Å². The van der Waals surface area contributed by atoms with E-state index in [0.717, 1.165) is 18.4 Å². The van der Waals surface area contributed by atoms with Crippen molar-refractivity contribution < 1.29 is 28.2 Å². The van der Waals surface area contributed by atoms with Crippen LogP contribution in [0.1, 0.15) is 52.0 Å². The van der Waals surface area contributed by atoms with Crippen molar-refractivity contribution in [2.45, 2.75) is 43.9 Å². The molecule has 2 amide bonds. The van der Waals surface area contributed by atoms with E-state index in [1.807, 2.05) is 40.1 Å². The fourth-order valence-electron chi connectivity index (χ4n) is 7.74. The third kappa shape index (κ3) is 7.47. The van der Waals surface area contributed by atoms with Gasteiger partial charge in [0, 0.05) is 48.2 Å². The molecule has 0 saturated carbocycles. The van der Waals surface area contributed by atoms with Crippen LogP contribution in [0.25, 0.3) is 16.8 Å². The van der Waals surface area contributed by atoms with Gasteiger partial charge in [-0.2, -0.15) is 5.10 Å². The molecule has 5 heterocycles. The third-order valence-corrected chi connectivity index (χ3v) is 10.8. The van der Waals surface area contributed by atoms with Gasteiger partial charge in [0.25, 0.3) is 11.8 Å². The zero-order valence-electron chi connectivity index (χ0n) is 30.1. The van der Waals surface area contributed by atoms with E-state index >= 15 is 0 Å². The Bertz CT molecular complexity index is 2310. The number of benzene rings is 3. The lowest BCUT2D eigenvalue weighted by Crippen LogP contribution is -2.57. The van der Waals surface area contributed by atoms with E-state index in [0.29, 0.717) is 83.7 Å². The lowest BCUT2D eigenvalue weighted by molar-refractivity contribution is 0.00500. The largest absolute Gasteiger partial charge is 0.494 e. The highest BCUT2D eigenvalue weighted by Gasteiger charge is 2.50. The summed E-state index contributed by atoms with van der Waals surface area (Å²) >= 11 is 5.93. The molecule has 3 aromatic carbocycles. The number of methoxy groups -OCH3 is 1. The first-order valence-electron chi connectivity index (χ1n) is 18.1. The van der Waals surface area contributed by atoms with Gasteiger partial charge in [0.15, 0.2) is 17.2 Å². The molecule has 0 radical (unpaired) electrons. The Morgan fingerprint density at radius 2 is 1.71 bits per heavy atom. The van der Waals surface area contributed by atoms with E-state index in [2.05, 4.69) is 15.1 Å². The Labute approximate surface area is 322 Å². The second kappa shape index (κ2) is 15.5. The zero-order chi connectivity index (χ0) is 37.9. The summed E-state index contributed by atoms with van der Waals surface area (Å²) in [6.07, 6.45) is 7.32. The van der Waals surface area contributed by atoms with Crippen molar-refractivity contribution in [2.75, 3.05) is 26.8 Å². The first-order chi connectivity index (χ1) is 26.8. The number of likely N-dealkylation sites (tertiary alicyclic amines) is 2. The highest BCUT2D eigenvalue weighted by molar-refractivity contribution is 6.30. The summed E-state index contributed by atoms with van der Waals surface area (Å²) in [5.74, 6) is 0.282. The SMILES string of the molecule is COc1ccc(-c2cc(C(=O)N3C(COCc4ccccc4)CCC34CCN(C(=O)c3ccc(Oc5ccc(Cl)cn5)cc3)CC4)cn3ncnc23)cc1F. The Morgan fingerprint density at radius 3 is 2.44 bits per heavy atom. The number of rotatable bonds is 10. The molecule has 1 spiro atoms. The molecule has 13 heteroatoms. The van der Waals surface area contributed by atoms with Crippen LogP contribution in [0.2, 0.25) is 5.02 Å². The number of hydrogen-bond acceptors (Lipinski definition) is 8. The number of hydrogen-bond donors (Lipinski definition) is 0. The van der Waals surface area contributed by atoms with Crippen LogP contribution in [0.5, 0.6) is 17.4 Å². The molecule has 11 nitrogen and oxygen atoms in total. The van der Waals surface area contributed by atoms with Crippen molar-refractivity contribution in [1.82, 2.24) is 29.4 Å². The lowest BCUT2D eigenvalue weighted by Gasteiger charge is -2.46. The van der Waals surface area contributed by atoms with E-state index in [1.54, 1.807) is 65.3 Å². The third-order valence-electron chi connectivity index (χ3n) is 10.5. The number of halogens is 2. The van der Waals surface area contributed by atoms with E-state index in [4.69, 9.17) is 25.8 Å². The van der Waals surface area contributed by atoms with Gasteiger partial charge < -0.3 is 24.0 Å². The second-order valence-electron chi connectivity index (χ2n) is 13.8. The number of carbonyl (C=O) groups is 2. The molecule has 55 heavy (non-hydrogen) atoms. The lowest BCUT2D eigenvalue weighted by atomic mass is 9.84. The number of nitrogens with zero attached hydrogens (tertiary/aromatic N) is 6. The van der Waals surface area contributed by atoms with Crippen molar-refractivity contribution in [3.63, 3.8) is 0 Å². The maximum Gasteiger partial charge on any atom is 0.256 e. The Hall–Kier alpha value is -5.85. The van der Waals surface area contributed by atoms with Crippen LogP contribution in [-0.2, 0) is 11.3 Å². The fraction of sp³-hybridized carbons (Fsp3) is 0.262. The van der Waals surface area contributed by atoms with E-state index in [1.165, 1.54) is 25.7 Å². The van der Waals surface area contributed by atoms with Crippen LogP contribution < -0.4 is 9.47 Å². The number of ether oxygens (including phenoxy) is 3. The molecule has 0 N–H and O–H groups in total. The summed E-state index contributed by atoms with van der Waals surface area (Å²) in [5.41, 5.74) is 3.09. The number of pyridine rings is 2. The van der Waals surface area contributed by atoms with Crippen molar-refractivity contribution >= 4 is 29.1 Å². The zero-order valence-corrected chi connectivity index (χ0v) is 30.9. The smallest absolute Gasteiger partial charge is 0.256 e. The monoisotopic (exact) mass is 760 g/mol. The van der Waals surface area contributed by atoms with E-state index in [9.17, 15) is 14.0 Å². The van der Waals surface area contributed by atoms with Crippen LogP contribution in [0.15, 0.2) is 110 Å². The van der Waals surface area contributed by atoms with Crippen molar-refractivity contribution in [2.24, 2.45) is 0 Å². The predicted octanol–water partition coefficient (Wildman–Crippen LogP) is 7.88. The number of amides is 2. The predicted molar refractivity (Wildman–Crippen MR) is 204 cm³/mol. The minimum atomic E-state index is -0.524. The second-order valence-corrected chi connectivity index (χ2v) is 14.3. The van der Waals surface area contributed by atoms with Gasteiger partial charge in [0.1, 0.15) is 12.1 Å². The van der Waals surface area contributed by atoms with Crippen molar-refractivity contribution in [3.05, 3.63) is 137 Å². The van der Waals surface area contributed by atoms with Crippen LogP contribution >= 0.6 is 11.6 Å². The molecular weight excluding hydrogens is 723 g/mol. The number of aromatic nitrogens is 4. The molecule has 2 aliphatic heterocycles. The summed E-state index contributed by atoms with van der Waals surface area (Å²) in [6.45, 7) is 1.73. The van der Waals surface area contributed by atoms with Crippen molar-refractivity contribution in [3.8, 4) is 28.5 Å². The van der Waals surface area contributed by atoms with Crippen LogP contribution in [0.4, 0.5) is 4.39 Å². The number of carbonyl (C=O) groups excluding carboxylic acids is 2. The van der Waals surface area contributed by atoms with Gasteiger partial charge in [-0.05, 0) is 85.3 Å². The molecule has 0 bridgehead atoms. The van der Waals surface area contributed by atoms with Crippen LogP contribution in [0.3, 0.4) is 0 Å². The Balaban J connectivity index is 1.04. The van der Waals surface area contributed by atoms with Gasteiger partial charge in [0.05, 0.1) is 37.0 Å². The van der Waals surface area contributed by atoms with Gasteiger partial charge >= 0.3 is 0 Å². The molecule has 0 aliphatic carbocycles. The quantitative estimate of drug-likeness (QED) is 0.139. The topological polar surface area (TPSA) is 111 Å². The minimum Gasteiger partial charge on any atom is -0.494 e. The minimum absolute atomic E-state index is 0.0855. The molecule has 8 rings (SSSR count). The fourth-order valence-corrected chi connectivity index (χ4v) is 7.85. The number of fused-ring (bicyclic) bond motifs is 1. The Kier molecular flexibility index (Phi) is 10.2. The van der Waals surface area contributed by atoms with Crippen LogP contribution in [0, 0.1) is 5.82 Å². The molecule has 2 saturated heterocycles. The summed E-state index contributed by atoms with van der Waals surface area (Å²) in [7, 11) is 1.41. The summed E-state index contributed by atoms with van der Waals surface area (Å²) < 4.78 is 33.6. The summed E-state index contributed by atoms with van der Waals surface area (Å²) in [6, 6.07) is 26.5. The molecule has 1 atom stereocenters. The first-order valence-corrected chi connectivity index (χ1v) is 18.5. The Morgan fingerprint density at radius 1 is 0.909 bits per heavy atom. The van der Waals surface area contributed by atoms with E-state index in [-0.39, 0.29) is 23.6 Å². The van der Waals surface area contributed by atoms with Gasteiger partial charge in [0.2, 0.25) is 5.88 Å². The maximum atomic E-state index is 14.9. The van der Waals surface area contributed by atoms with Crippen molar-refractivity contribution in [1.29, 1.82) is 0 Å². The summed E-state index contributed by atoms with van der Waals surface area (Å²) in [5, 5.41) is 4.87. The molecule has 2 aliphatic rings. The molecular formula is C42H38ClFN6O5. The average Bonchev–Trinajstić information content (AvgIpc) is 3.83. The summed E-state index contributed by atoms with van der Waals surface area (Å²) in [4.78, 5) is 41.1. The molecule has 1 unspecified atom stereocenters. The van der Waals surface area contributed by atoms with Gasteiger partial charge in [-0.3, -0.25) is 9.59 Å².